The van der Waals surface area contributed by atoms with Gasteiger partial charge in [-0.3, -0.25) is 19.7 Å². The van der Waals surface area contributed by atoms with Crippen LogP contribution in [0.1, 0.15) is 53.7 Å². The summed E-state index contributed by atoms with van der Waals surface area (Å²) in [6, 6.07) is 16.1. The number of piperidine rings is 1. The predicted molar refractivity (Wildman–Crippen MR) is 113 cm³/mol. The van der Waals surface area contributed by atoms with E-state index in [1.165, 1.54) is 11.6 Å². The molecule has 1 amide bonds. The van der Waals surface area contributed by atoms with Crippen molar-refractivity contribution in [3.8, 4) is 5.75 Å². The summed E-state index contributed by atoms with van der Waals surface area (Å²) in [4.78, 5) is 26.5. The van der Waals surface area contributed by atoms with Crippen LogP contribution in [0.2, 0.25) is 0 Å². The Balaban J connectivity index is 1.45. The van der Waals surface area contributed by atoms with Crippen LogP contribution in [0.25, 0.3) is 6.08 Å². The molecule has 156 valence electrons. The van der Waals surface area contributed by atoms with E-state index in [-0.39, 0.29) is 5.78 Å². The molecule has 0 bridgehead atoms. The van der Waals surface area contributed by atoms with Crippen molar-refractivity contribution in [2.24, 2.45) is 0 Å². The van der Waals surface area contributed by atoms with E-state index in [0.717, 1.165) is 25.9 Å². The predicted octanol–water partition coefficient (Wildman–Crippen LogP) is 3.77. The topological polar surface area (TPSA) is 78.9 Å². The summed E-state index contributed by atoms with van der Waals surface area (Å²) in [6.45, 7) is 3.99. The smallest absolute Gasteiger partial charge is 0.267 e. The second kappa shape index (κ2) is 8.42. The number of ether oxygens (including phenoxy) is 1. The minimum absolute atomic E-state index is 0.0719. The number of Topliss-reactive ketones (excluding diaryl/α,β-unsaturated/α-hetero) is 1. The third-order valence-electron chi connectivity index (χ3n) is 6.19. The molecule has 1 fully saturated rings. The van der Waals surface area contributed by atoms with Crippen molar-refractivity contribution in [2.45, 2.75) is 37.8 Å². The van der Waals surface area contributed by atoms with E-state index in [2.05, 4.69) is 36.1 Å². The molecule has 2 aromatic rings. The number of nitrogens with zero attached hydrogens (tertiary/aromatic N) is 1. The van der Waals surface area contributed by atoms with Crippen molar-refractivity contribution in [3.63, 3.8) is 0 Å². The molecule has 2 aliphatic heterocycles. The molecule has 1 atom stereocenters. The number of ketones is 1. The number of likely N-dealkylation sites (tertiary alicyclic amines) is 1. The molecule has 1 saturated heterocycles. The third kappa shape index (κ3) is 4.15. The van der Waals surface area contributed by atoms with Gasteiger partial charge < -0.3 is 4.74 Å². The van der Waals surface area contributed by atoms with Crippen LogP contribution in [0.3, 0.4) is 0 Å². The van der Waals surface area contributed by atoms with Crippen LogP contribution in [-0.4, -0.2) is 40.5 Å². The molecule has 0 aliphatic carbocycles. The lowest BCUT2D eigenvalue weighted by molar-refractivity contribution is -0.124. The van der Waals surface area contributed by atoms with Gasteiger partial charge in [-0.2, -0.15) is 0 Å². The Morgan fingerprint density at radius 2 is 1.93 bits per heavy atom. The zero-order valence-corrected chi connectivity index (χ0v) is 17.0. The highest BCUT2D eigenvalue weighted by Gasteiger charge is 2.43. The number of carbonyl (C=O) groups is 2. The number of amides is 1. The Morgan fingerprint density at radius 1 is 1.20 bits per heavy atom. The third-order valence-corrected chi connectivity index (χ3v) is 6.19. The highest BCUT2D eigenvalue weighted by atomic mass is 16.5. The maximum atomic E-state index is 12.9. The molecule has 6 heteroatoms. The fourth-order valence-corrected chi connectivity index (χ4v) is 4.36. The summed E-state index contributed by atoms with van der Waals surface area (Å²) in [5, 5.41) is 8.58. The van der Waals surface area contributed by atoms with E-state index in [1.54, 1.807) is 29.8 Å². The average molecular weight is 406 g/mol. The van der Waals surface area contributed by atoms with Crippen LogP contribution in [0.15, 0.2) is 54.6 Å². The molecule has 2 aliphatic rings. The molecular weight excluding hydrogens is 380 g/mol. The quantitative estimate of drug-likeness (QED) is 0.459. The Kier molecular flexibility index (Phi) is 5.70. The maximum absolute atomic E-state index is 12.9. The van der Waals surface area contributed by atoms with Crippen LogP contribution in [0.5, 0.6) is 5.75 Å². The van der Waals surface area contributed by atoms with Crippen LogP contribution in [0, 0.1) is 0 Å². The van der Waals surface area contributed by atoms with Gasteiger partial charge in [0.15, 0.2) is 5.78 Å². The highest BCUT2D eigenvalue weighted by molar-refractivity contribution is 6.01. The SMILES string of the molecule is CC(c1ccccc1)N1CCC2(CC1)CC(=O)c1cc(C=CC(=O)NO)ccc1O2. The summed E-state index contributed by atoms with van der Waals surface area (Å²) < 4.78 is 6.38. The molecule has 1 unspecified atom stereocenters. The first-order chi connectivity index (χ1) is 14.5. The summed E-state index contributed by atoms with van der Waals surface area (Å²) in [5.74, 6) is 0.0629. The minimum atomic E-state index is -0.620. The minimum Gasteiger partial charge on any atom is -0.486 e. The fourth-order valence-electron chi connectivity index (χ4n) is 4.36. The van der Waals surface area contributed by atoms with Crippen LogP contribution in [-0.2, 0) is 4.79 Å². The van der Waals surface area contributed by atoms with Gasteiger partial charge in [0.05, 0.1) is 12.0 Å². The first-order valence-corrected chi connectivity index (χ1v) is 10.3. The first-order valence-electron chi connectivity index (χ1n) is 10.3. The van der Waals surface area contributed by atoms with Gasteiger partial charge in [0.1, 0.15) is 11.4 Å². The van der Waals surface area contributed by atoms with Gasteiger partial charge >= 0.3 is 0 Å². The molecular formula is C24H26N2O4. The largest absolute Gasteiger partial charge is 0.486 e. The summed E-state index contributed by atoms with van der Waals surface area (Å²) in [7, 11) is 0. The number of hydrogen-bond donors (Lipinski definition) is 2. The van der Waals surface area contributed by atoms with Gasteiger partial charge in [-0.1, -0.05) is 36.4 Å². The van der Waals surface area contributed by atoms with Crippen molar-refractivity contribution < 1.29 is 19.5 Å². The lowest BCUT2D eigenvalue weighted by atomic mass is 9.81. The van der Waals surface area contributed by atoms with Crippen molar-refractivity contribution in [2.75, 3.05) is 13.1 Å². The lowest BCUT2D eigenvalue weighted by Crippen LogP contribution is -2.51. The Labute approximate surface area is 176 Å². The monoisotopic (exact) mass is 406 g/mol. The Hall–Kier alpha value is -2.96. The molecule has 6 nitrogen and oxygen atoms in total. The van der Waals surface area contributed by atoms with Crippen molar-refractivity contribution in [1.29, 1.82) is 0 Å². The molecule has 30 heavy (non-hydrogen) atoms. The number of rotatable bonds is 4. The van der Waals surface area contributed by atoms with Gasteiger partial charge in [0, 0.05) is 38.0 Å². The molecule has 4 rings (SSSR count). The molecule has 1 spiro atoms. The molecule has 2 aromatic carbocycles. The summed E-state index contributed by atoms with van der Waals surface area (Å²) >= 11 is 0. The van der Waals surface area contributed by atoms with E-state index in [4.69, 9.17) is 9.94 Å². The van der Waals surface area contributed by atoms with Gasteiger partial charge in [0.25, 0.3) is 5.91 Å². The zero-order chi connectivity index (χ0) is 21.1. The van der Waals surface area contributed by atoms with Crippen LogP contribution >= 0.6 is 0 Å². The second-order valence-electron chi connectivity index (χ2n) is 8.07. The number of benzene rings is 2. The zero-order valence-electron chi connectivity index (χ0n) is 17.0. The van der Waals surface area contributed by atoms with Crippen molar-refractivity contribution >= 4 is 17.8 Å². The normalized spacial score (nSPS) is 19.3. The van der Waals surface area contributed by atoms with E-state index < -0.39 is 11.5 Å². The van der Waals surface area contributed by atoms with E-state index in [0.29, 0.717) is 29.3 Å². The summed E-state index contributed by atoms with van der Waals surface area (Å²) in [6.07, 6.45) is 4.76. The molecule has 0 aromatic heterocycles. The molecule has 2 heterocycles. The number of hydrogen-bond acceptors (Lipinski definition) is 5. The molecule has 2 N–H and O–H groups in total. The first kappa shape index (κ1) is 20.3. The van der Waals surface area contributed by atoms with Crippen molar-refractivity contribution in [3.05, 3.63) is 71.3 Å². The maximum Gasteiger partial charge on any atom is 0.267 e. The van der Waals surface area contributed by atoms with Gasteiger partial charge in [-0.05, 0) is 36.3 Å². The fraction of sp³-hybridized carbons (Fsp3) is 0.333. The van der Waals surface area contributed by atoms with Crippen LogP contribution < -0.4 is 10.2 Å². The molecule has 0 saturated carbocycles. The van der Waals surface area contributed by atoms with Crippen molar-refractivity contribution in [1.82, 2.24) is 10.4 Å². The average Bonchev–Trinajstić information content (AvgIpc) is 2.78. The summed E-state index contributed by atoms with van der Waals surface area (Å²) in [5.41, 5.74) is 3.66. The highest BCUT2D eigenvalue weighted by Crippen LogP contribution is 2.41. The molecule has 0 radical (unpaired) electrons. The second-order valence-corrected chi connectivity index (χ2v) is 8.07. The van der Waals surface area contributed by atoms with Gasteiger partial charge in [0.2, 0.25) is 0 Å². The van der Waals surface area contributed by atoms with Gasteiger partial charge in [-0.15, -0.1) is 0 Å². The van der Waals surface area contributed by atoms with E-state index in [9.17, 15) is 9.59 Å². The van der Waals surface area contributed by atoms with Gasteiger partial charge in [-0.25, -0.2) is 5.48 Å². The Bertz CT molecular complexity index is 962. The number of nitrogens with one attached hydrogen (secondary N) is 1. The number of fused-ring (bicyclic) bond motifs is 1. The Morgan fingerprint density at radius 3 is 2.63 bits per heavy atom. The standard InChI is InChI=1S/C24H26N2O4/c1-17(19-5-3-2-4-6-19)26-13-11-24(12-14-26)16-21(27)20-15-18(7-9-22(20)30-24)8-10-23(28)25-29/h2-10,15,17,29H,11-14,16H2,1H3,(H,25,28). The van der Waals surface area contributed by atoms with E-state index in [1.807, 2.05) is 6.07 Å². The van der Waals surface area contributed by atoms with Crippen LogP contribution in [0.4, 0.5) is 0 Å². The van der Waals surface area contributed by atoms with E-state index >= 15 is 0 Å². The lowest BCUT2D eigenvalue weighted by Gasteiger charge is -2.45. The number of carbonyl (C=O) groups excluding carboxylic acids is 2. The number of hydroxylamine groups is 1.